The first-order valence-electron chi connectivity index (χ1n) is 10.0. The second kappa shape index (κ2) is 8.30. The van der Waals surface area contributed by atoms with Gasteiger partial charge in [0.05, 0.1) is 0 Å². The van der Waals surface area contributed by atoms with Crippen LogP contribution in [-0.2, 0) is 4.79 Å². The van der Waals surface area contributed by atoms with E-state index >= 15 is 0 Å². The summed E-state index contributed by atoms with van der Waals surface area (Å²) < 4.78 is 0. The molecule has 3 aromatic rings. The number of aromatic nitrogens is 1. The number of hydrogen-bond acceptors (Lipinski definition) is 1. The predicted molar refractivity (Wildman–Crippen MR) is 122 cm³/mol. The quantitative estimate of drug-likeness (QED) is 0.511. The van der Waals surface area contributed by atoms with Gasteiger partial charge in [0.15, 0.2) is 0 Å². The molecule has 0 fully saturated rings. The minimum Gasteiger partial charge on any atom is -0.361 e. The zero-order chi connectivity index (χ0) is 20.4. The number of hydrogen-bond donors (Lipinski definition) is 1. The van der Waals surface area contributed by atoms with Crippen molar-refractivity contribution >= 4 is 40.1 Å². The molecule has 1 amide bonds. The molecule has 0 saturated carbocycles. The predicted octanol–water partition coefficient (Wildman–Crippen LogP) is 6.27. The van der Waals surface area contributed by atoms with Crippen LogP contribution >= 0.6 is 11.6 Å². The van der Waals surface area contributed by atoms with Crippen molar-refractivity contribution in [2.24, 2.45) is 0 Å². The Morgan fingerprint density at radius 1 is 1.17 bits per heavy atom. The van der Waals surface area contributed by atoms with Crippen molar-refractivity contribution in [1.82, 2.24) is 9.88 Å². The first kappa shape index (κ1) is 19.5. The Kier molecular flexibility index (Phi) is 5.59. The minimum atomic E-state index is 0.0511. The highest BCUT2D eigenvalue weighted by molar-refractivity contribution is 6.31. The third-order valence-corrected chi connectivity index (χ3v) is 5.77. The lowest BCUT2D eigenvalue weighted by molar-refractivity contribution is -0.125. The smallest absolute Gasteiger partial charge is 0.246 e. The maximum atomic E-state index is 12.6. The van der Waals surface area contributed by atoms with Crippen molar-refractivity contribution < 1.29 is 4.79 Å². The molecule has 0 atom stereocenters. The van der Waals surface area contributed by atoms with Crippen molar-refractivity contribution in [3.05, 3.63) is 82.5 Å². The largest absolute Gasteiger partial charge is 0.361 e. The summed E-state index contributed by atoms with van der Waals surface area (Å²) in [7, 11) is 0. The number of nitrogens with one attached hydrogen (secondary N) is 1. The summed E-state index contributed by atoms with van der Waals surface area (Å²) in [5, 5.41) is 1.87. The van der Waals surface area contributed by atoms with E-state index in [1.54, 1.807) is 6.08 Å². The molecule has 1 aliphatic heterocycles. The molecule has 1 N–H and O–H groups in total. The summed E-state index contributed by atoms with van der Waals surface area (Å²) >= 11 is 6.17. The summed E-state index contributed by atoms with van der Waals surface area (Å²) in [6.07, 6.45) is 8.59. The van der Waals surface area contributed by atoms with E-state index in [1.807, 2.05) is 35.4 Å². The van der Waals surface area contributed by atoms with Crippen LogP contribution in [0.3, 0.4) is 0 Å². The van der Waals surface area contributed by atoms with Crippen LogP contribution in [0.5, 0.6) is 0 Å². The van der Waals surface area contributed by atoms with Crippen molar-refractivity contribution in [2.75, 3.05) is 13.1 Å². The van der Waals surface area contributed by atoms with E-state index in [0.29, 0.717) is 19.0 Å². The number of carbonyl (C=O) groups is 1. The summed E-state index contributed by atoms with van der Waals surface area (Å²) in [5.74, 6) is 0.562. The molecular weight excluding hydrogens is 380 g/mol. The Morgan fingerprint density at radius 2 is 1.97 bits per heavy atom. The third-order valence-electron chi connectivity index (χ3n) is 5.53. The van der Waals surface area contributed by atoms with Gasteiger partial charge in [-0.2, -0.15) is 0 Å². The van der Waals surface area contributed by atoms with Gasteiger partial charge in [0.25, 0.3) is 0 Å². The van der Waals surface area contributed by atoms with E-state index in [1.165, 1.54) is 16.7 Å². The van der Waals surface area contributed by atoms with E-state index in [0.717, 1.165) is 27.9 Å². The van der Waals surface area contributed by atoms with Gasteiger partial charge in [-0.25, -0.2) is 0 Å². The highest BCUT2D eigenvalue weighted by Gasteiger charge is 2.18. The molecule has 1 aromatic heterocycles. The molecule has 2 aromatic carbocycles. The van der Waals surface area contributed by atoms with E-state index < -0.39 is 0 Å². The van der Waals surface area contributed by atoms with Gasteiger partial charge in [0.2, 0.25) is 5.91 Å². The maximum absolute atomic E-state index is 12.6. The van der Waals surface area contributed by atoms with Gasteiger partial charge >= 0.3 is 0 Å². The number of carbonyl (C=O) groups excluding carboxylic acids is 1. The van der Waals surface area contributed by atoms with Gasteiger partial charge in [-0.1, -0.05) is 55.8 Å². The summed E-state index contributed by atoms with van der Waals surface area (Å²) in [6.45, 7) is 5.70. The molecule has 0 spiro atoms. The fraction of sp³-hybridized carbons (Fsp3) is 0.240. The fourth-order valence-corrected chi connectivity index (χ4v) is 3.91. The van der Waals surface area contributed by atoms with Crippen molar-refractivity contribution in [3.63, 3.8) is 0 Å². The normalized spacial score (nSPS) is 14.8. The summed E-state index contributed by atoms with van der Waals surface area (Å²) in [6, 6.07) is 14.3. The summed E-state index contributed by atoms with van der Waals surface area (Å²) in [4.78, 5) is 17.8. The molecule has 0 radical (unpaired) electrons. The van der Waals surface area contributed by atoms with Gasteiger partial charge in [-0.15, -0.1) is 0 Å². The van der Waals surface area contributed by atoms with Crippen molar-refractivity contribution in [2.45, 2.75) is 26.2 Å². The lowest BCUT2D eigenvalue weighted by Crippen LogP contribution is -2.33. The number of nitrogens with zero attached hydrogens (tertiary/aromatic N) is 1. The van der Waals surface area contributed by atoms with Gasteiger partial charge in [-0.3, -0.25) is 4.79 Å². The van der Waals surface area contributed by atoms with E-state index in [-0.39, 0.29) is 5.91 Å². The molecule has 2 heterocycles. The third kappa shape index (κ3) is 4.30. The molecule has 0 bridgehead atoms. The van der Waals surface area contributed by atoms with Crippen molar-refractivity contribution in [3.8, 4) is 0 Å². The SMILES string of the molecule is CC(C)c1ccc(/C=C/C(=O)N2CC=C(c3c[nH]c4ccc(Cl)cc34)CC2)cc1. The number of benzene rings is 2. The Balaban J connectivity index is 1.43. The molecule has 1 aliphatic rings. The minimum absolute atomic E-state index is 0.0511. The molecule has 0 aliphatic carbocycles. The molecule has 3 nitrogen and oxygen atoms in total. The van der Waals surface area contributed by atoms with Crippen molar-refractivity contribution in [1.29, 1.82) is 0 Å². The number of aromatic amines is 1. The van der Waals surface area contributed by atoms with Crippen LogP contribution in [0.4, 0.5) is 0 Å². The number of fused-ring (bicyclic) bond motifs is 1. The van der Waals surface area contributed by atoms with Gasteiger partial charge in [0.1, 0.15) is 0 Å². The number of amides is 1. The van der Waals surface area contributed by atoms with E-state index in [2.05, 4.69) is 49.2 Å². The average Bonchev–Trinajstić information content (AvgIpc) is 3.15. The van der Waals surface area contributed by atoms with E-state index in [4.69, 9.17) is 11.6 Å². The van der Waals surface area contributed by atoms with Crippen LogP contribution in [0.25, 0.3) is 22.6 Å². The van der Waals surface area contributed by atoms with Crippen LogP contribution in [0.2, 0.25) is 5.02 Å². The standard InChI is InChI=1S/C25H25ClN2O/c1-17(2)19-6-3-18(4-7-19)5-10-25(29)28-13-11-20(12-14-28)23-16-27-24-9-8-21(26)15-22(23)24/h3-11,15-17,27H,12-14H2,1-2H3/b10-5+. The first-order valence-corrected chi connectivity index (χ1v) is 10.4. The Labute approximate surface area is 176 Å². The Bertz CT molecular complexity index is 1090. The second-order valence-corrected chi connectivity index (χ2v) is 8.25. The lowest BCUT2D eigenvalue weighted by Gasteiger charge is -2.25. The van der Waals surface area contributed by atoms with Crippen LogP contribution < -0.4 is 0 Å². The molecule has 148 valence electrons. The van der Waals surface area contributed by atoms with Gasteiger partial charge in [0, 0.05) is 46.9 Å². The molecule has 29 heavy (non-hydrogen) atoms. The monoisotopic (exact) mass is 404 g/mol. The summed E-state index contributed by atoms with van der Waals surface area (Å²) in [5.41, 5.74) is 5.87. The highest BCUT2D eigenvalue weighted by Crippen LogP contribution is 2.31. The lowest BCUT2D eigenvalue weighted by atomic mass is 9.99. The fourth-order valence-electron chi connectivity index (χ4n) is 3.74. The van der Waals surface area contributed by atoms with Gasteiger partial charge < -0.3 is 9.88 Å². The van der Waals surface area contributed by atoms with E-state index in [9.17, 15) is 4.79 Å². The van der Waals surface area contributed by atoms with Crippen LogP contribution in [-0.4, -0.2) is 28.9 Å². The zero-order valence-corrected chi connectivity index (χ0v) is 17.5. The molecule has 0 unspecified atom stereocenters. The zero-order valence-electron chi connectivity index (χ0n) is 16.8. The number of H-pyrrole nitrogens is 1. The van der Waals surface area contributed by atoms with Crippen LogP contribution in [0, 0.1) is 0 Å². The molecule has 4 heteroatoms. The Hall–Kier alpha value is -2.78. The van der Waals surface area contributed by atoms with Crippen LogP contribution in [0.15, 0.2) is 60.8 Å². The molecule has 0 saturated heterocycles. The molecular formula is C25H25ClN2O. The van der Waals surface area contributed by atoms with Gasteiger partial charge in [-0.05, 0) is 53.3 Å². The number of halogens is 1. The average molecular weight is 405 g/mol. The topological polar surface area (TPSA) is 36.1 Å². The highest BCUT2D eigenvalue weighted by atomic mass is 35.5. The first-order chi connectivity index (χ1) is 14.0. The Morgan fingerprint density at radius 3 is 2.66 bits per heavy atom. The number of rotatable bonds is 4. The molecule has 4 rings (SSSR count). The second-order valence-electron chi connectivity index (χ2n) is 7.81. The van der Waals surface area contributed by atoms with Crippen LogP contribution in [0.1, 0.15) is 42.9 Å². The maximum Gasteiger partial charge on any atom is 0.246 e.